The van der Waals surface area contributed by atoms with Gasteiger partial charge in [0.25, 0.3) is 0 Å². The first-order valence-electron chi connectivity index (χ1n) is 7.39. The van der Waals surface area contributed by atoms with Gasteiger partial charge in [0.2, 0.25) is 0 Å². The normalized spacial score (nSPS) is 15.3. The van der Waals surface area contributed by atoms with Gasteiger partial charge in [-0.25, -0.2) is 0 Å². The van der Waals surface area contributed by atoms with Crippen LogP contribution in [0.3, 0.4) is 0 Å². The van der Waals surface area contributed by atoms with Crippen LogP contribution in [-0.4, -0.2) is 18.3 Å². The second-order valence-electron chi connectivity index (χ2n) is 5.12. The van der Waals surface area contributed by atoms with Gasteiger partial charge in [-0.15, -0.1) is 0 Å². The highest BCUT2D eigenvalue weighted by molar-refractivity contribution is 5.44. The Morgan fingerprint density at radius 2 is 1.79 bits per heavy atom. The molecule has 0 saturated heterocycles. The first-order valence-corrected chi connectivity index (χ1v) is 7.39. The van der Waals surface area contributed by atoms with E-state index in [1.165, 1.54) is 25.7 Å². The Labute approximate surface area is 115 Å². The van der Waals surface area contributed by atoms with Crippen LogP contribution in [0.2, 0.25) is 0 Å². The van der Waals surface area contributed by atoms with E-state index < -0.39 is 6.10 Å². The molecular weight excluding hydrogens is 240 g/mol. The molecule has 3 nitrogen and oxygen atoms in total. The zero-order chi connectivity index (χ0) is 13.5. The summed E-state index contributed by atoms with van der Waals surface area (Å²) in [5.74, 6) is 1.54. The summed E-state index contributed by atoms with van der Waals surface area (Å²) in [6.45, 7) is 3.40. The maximum absolute atomic E-state index is 10.2. The van der Waals surface area contributed by atoms with Gasteiger partial charge in [0.1, 0.15) is 13.2 Å². The SMILES string of the molecule is CCCCCCCC(O)c1ccc2c(c1)OCCO2. The van der Waals surface area contributed by atoms with Crippen molar-refractivity contribution in [3.8, 4) is 11.5 Å². The van der Waals surface area contributed by atoms with Gasteiger partial charge in [0, 0.05) is 0 Å². The molecule has 1 heterocycles. The Kier molecular flexibility index (Phi) is 5.52. The van der Waals surface area contributed by atoms with Crippen molar-refractivity contribution in [2.24, 2.45) is 0 Å². The van der Waals surface area contributed by atoms with Crippen LogP contribution in [0, 0.1) is 0 Å². The number of aliphatic hydroxyl groups excluding tert-OH is 1. The molecule has 1 unspecified atom stereocenters. The summed E-state index contributed by atoms with van der Waals surface area (Å²) in [5.41, 5.74) is 0.930. The molecule has 1 aliphatic heterocycles. The number of aliphatic hydroxyl groups is 1. The van der Waals surface area contributed by atoms with E-state index in [9.17, 15) is 5.11 Å². The molecule has 3 heteroatoms. The fourth-order valence-electron chi connectivity index (χ4n) is 2.38. The standard InChI is InChI=1S/C16H24O3/c1-2-3-4-5-6-7-14(17)13-8-9-15-16(12-13)19-11-10-18-15/h8-9,12,14,17H,2-7,10-11H2,1H3. The van der Waals surface area contributed by atoms with Gasteiger partial charge in [-0.3, -0.25) is 0 Å². The van der Waals surface area contributed by atoms with Gasteiger partial charge >= 0.3 is 0 Å². The van der Waals surface area contributed by atoms with Crippen molar-refractivity contribution in [2.45, 2.75) is 51.6 Å². The highest BCUT2D eigenvalue weighted by Crippen LogP contribution is 2.33. The number of unbranched alkanes of at least 4 members (excludes halogenated alkanes) is 4. The topological polar surface area (TPSA) is 38.7 Å². The van der Waals surface area contributed by atoms with Crippen LogP contribution in [-0.2, 0) is 0 Å². The minimum Gasteiger partial charge on any atom is -0.486 e. The van der Waals surface area contributed by atoms with Gasteiger partial charge in [0.15, 0.2) is 11.5 Å². The lowest BCUT2D eigenvalue weighted by molar-refractivity contribution is 0.157. The number of ether oxygens (including phenoxy) is 2. The van der Waals surface area contributed by atoms with Crippen molar-refractivity contribution < 1.29 is 14.6 Å². The van der Waals surface area contributed by atoms with Crippen molar-refractivity contribution in [2.75, 3.05) is 13.2 Å². The van der Waals surface area contributed by atoms with Crippen LogP contribution >= 0.6 is 0 Å². The largest absolute Gasteiger partial charge is 0.486 e. The lowest BCUT2D eigenvalue weighted by Crippen LogP contribution is -2.15. The quantitative estimate of drug-likeness (QED) is 0.760. The number of rotatable bonds is 7. The molecule has 0 aliphatic carbocycles. The molecule has 0 radical (unpaired) electrons. The molecule has 0 aromatic heterocycles. The summed E-state index contributed by atoms with van der Waals surface area (Å²) in [7, 11) is 0. The average Bonchev–Trinajstić information content (AvgIpc) is 2.46. The smallest absolute Gasteiger partial charge is 0.161 e. The molecule has 2 rings (SSSR count). The van der Waals surface area contributed by atoms with Crippen LogP contribution in [0.5, 0.6) is 11.5 Å². The van der Waals surface area contributed by atoms with Crippen molar-refractivity contribution >= 4 is 0 Å². The number of hydrogen-bond donors (Lipinski definition) is 1. The maximum Gasteiger partial charge on any atom is 0.161 e. The Balaban J connectivity index is 1.83. The van der Waals surface area contributed by atoms with Gasteiger partial charge < -0.3 is 14.6 Å². The Morgan fingerprint density at radius 3 is 2.58 bits per heavy atom. The summed E-state index contributed by atoms with van der Waals surface area (Å²) in [6.07, 6.45) is 6.53. The van der Waals surface area contributed by atoms with Crippen molar-refractivity contribution in [1.82, 2.24) is 0 Å². The van der Waals surface area contributed by atoms with Gasteiger partial charge in [-0.2, -0.15) is 0 Å². The third-order valence-electron chi connectivity index (χ3n) is 3.53. The summed E-state index contributed by atoms with van der Waals surface area (Å²) < 4.78 is 11.0. The zero-order valence-electron chi connectivity index (χ0n) is 11.7. The van der Waals surface area contributed by atoms with Crippen LogP contribution in [0.25, 0.3) is 0 Å². The first-order chi connectivity index (χ1) is 9.31. The second-order valence-corrected chi connectivity index (χ2v) is 5.12. The molecule has 0 spiro atoms. The predicted molar refractivity (Wildman–Crippen MR) is 75.8 cm³/mol. The fourth-order valence-corrected chi connectivity index (χ4v) is 2.38. The molecule has 1 aromatic carbocycles. The maximum atomic E-state index is 10.2. The van der Waals surface area contributed by atoms with Crippen molar-refractivity contribution in [3.05, 3.63) is 23.8 Å². The molecular formula is C16H24O3. The lowest BCUT2D eigenvalue weighted by Gasteiger charge is -2.20. The van der Waals surface area contributed by atoms with Crippen LogP contribution in [0.4, 0.5) is 0 Å². The van der Waals surface area contributed by atoms with E-state index in [1.54, 1.807) is 0 Å². The molecule has 0 fully saturated rings. The number of fused-ring (bicyclic) bond motifs is 1. The lowest BCUT2D eigenvalue weighted by atomic mass is 10.0. The molecule has 1 aromatic rings. The molecule has 1 N–H and O–H groups in total. The monoisotopic (exact) mass is 264 g/mol. The molecule has 0 saturated carbocycles. The molecule has 1 atom stereocenters. The fraction of sp³-hybridized carbons (Fsp3) is 0.625. The van der Waals surface area contributed by atoms with Crippen molar-refractivity contribution in [3.63, 3.8) is 0 Å². The minimum atomic E-state index is -0.391. The van der Waals surface area contributed by atoms with E-state index in [0.29, 0.717) is 13.2 Å². The van der Waals surface area contributed by atoms with E-state index in [4.69, 9.17) is 9.47 Å². The van der Waals surface area contributed by atoms with E-state index in [0.717, 1.165) is 29.9 Å². The molecule has 1 aliphatic rings. The number of hydrogen-bond acceptors (Lipinski definition) is 3. The van der Waals surface area contributed by atoms with Crippen LogP contribution in [0.15, 0.2) is 18.2 Å². The molecule has 19 heavy (non-hydrogen) atoms. The van der Waals surface area contributed by atoms with E-state index in [-0.39, 0.29) is 0 Å². The van der Waals surface area contributed by atoms with Gasteiger partial charge in [-0.1, -0.05) is 45.1 Å². The minimum absolute atomic E-state index is 0.391. The summed E-state index contributed by atoms with van der Waals surface area (Å²) >= 11 is 0. The first kappa shape index (κ1) is 14.2. The van der Waals surface area contributed by atoms with Crippen molar-refractivity contribution in [1.29, 1.82) is 0 Å². The summed E-state index contributed by atoms with van der Waals surface area (Å²) in [6, 6.07) is 5.74. The summed E-state index contributed by atoms with van der Waals surface area (Å²) in [4.78, 5) is 0. The van der Waals surface area contributed by atoms with E-state index >= 15 is 0 Å². The van der Waals surface area contributed by atoms with Crippen LogP contribution < -0.4 is 9.47 Å². The van der Waals surface area contributed by atoms with E-state index in [2.05, 4.69) is 6.92 Å². The Hall–Kier alpha value is -1.22. The second kappa shape index (κ2) is 7.39. The average molecular weight is 264 g/mol. The zero-order valence-corrected chi connectivity index (χ0v) is 11.7. The Morgan fingerprint density at radius 1 is 1.05 bits per heavy atom. The molecule has 106 valence electrons. The van der Waals surface area contributed by atoms with E-state index in [1.807, 2.05) is 18.2 Å². The van der Waals surface area contributed by atoms with Crippen LogP contribution in [0.1, 0.15) is 57.1 Å². The van der Waals surface area contributed by atoms with Gasteiger partial charge in [0.05, 0.1) is 6.10 Å². The van der Waals surface area contributed by atoms with Gasteiger partial charge in [-0.05, 0) is 24.1 Å². The highest BCUT2D eigenvalue weighted by Gasteiger charge is 2.15. The number of benzene rings is 1. The predicted octanol–water partition coefficient (Wildman–Crippen LogP) is 3.85. The third kappa shape index (κ3) is 4.13. The summed E-state index contributed by atoms with van der Waals surface area (Å²) in [5, 5.41) is 10.2. The Bertz CT molecular complexity index is 390. The molecule has 0 amide bonds. The highest BCUT2D eigenvalue weighted by atomic mass is 16.6. The third-order valence-corrected chi connectivity index (χ3v) is 3.53. The molecule has 0 bridgehead atoms.